The molecule has 0 radical (unpaired) electrons. The zero-order valence-electron chi connectivity index (χ0n) is 13.1. The van der Waals surface area contributed by atoms with Crippen LogP contribution in [0.5, 0.6) is 0 Å². The van der Waals surface area contributed by atoms with Crippen LogP contribution < -0.4 is 5.32 Å². The molecule has 0 aliphatic rings. The number of nitro groups is 1. The van der Waals surface area contributed by atoms with Crippen LogP contribution in [-0.4, -0.2) is 23.9 Å². The minimum atomic E-state index is -0.584. The smallest absolute Gasteiger partial charge is 0.340 e. The first kappa shape index (κ1) is 18.3. The van der Waals surface area contributed by atoms with Gasteiger partial charge in [-0.3, -0.25) is 14.9 Å². The maximum absolute atomic E-state index is 12.1. The molecular formula is C17H13BrN2O5. The molecule has 2 aromatic rings. The van der Waals surface area contributed by atoms with Gasteiger partial charge < -0.3 is 10.1 Å². The molecule has 0 aliphatic heterocycles. The number of esters is 1. The first-order valence-corrected chi connectivity index (χ1v) is 7.81. The number of rotatable bonds is 5. The molecule has 2 rings (SSSR count). The molecule has 128 valence electrons. The summed E-state index contributed by atoms with van der Waals surface area (Å²) in [5.74, 6) is -1.07. The van der Waals surface area contributed by atoms with E-state index in [2.05, 4.69) is 26.0 Å². The van der Waals surface area contributed by atoms with Crippen molar-refractivity contribution in [2.45, 2.75) is 0 Å². The SMILES string of the molecule is COC(=O)c1cc(Br)ccc1NC(=O)/C=C/c1cccc([N+](=O)[O-])c1. The van der Waals surface area contributed by atoms with Gasteiger partial charge in [-0.05, 0) is 29.8 Å². The first-order chi connectivity index (χ1) is 11.9. The maximum atomic E-state index is 12.1. The lowest BCUT2D eigenvalue weighted by Crippen LogP contribution is -2.13. The molecule has 0 aliphatic carbocycles. The quantitative estimate of drug-likeness (QED) is 0.353. The Morgan fingerprint density at radius 3 is 2.68 bits per heavy atom. The highest BCUT2D eigenvalue weighted by molar-refractivity contribution is 9.10. The number of ether oxygens (including phenoxy) is 1. The minimum Gasteiger partial charge on any atom is -0.465 e. The van der Waals surface area contributed by atoms with E-state index in [1.54, 1.807) is 18.2 Å². The fraction of sp³-hybridized carbons (Fsp3) is 0.0588. The van der Waals surface area contributed by atoms with E-state index < -0.39 is 16.8 Å². The van der Waals surface area contributed by atoms with Crippen LogP contribution in [0.2, 0.25) is 0 Å². The number of carbonyl (C=O) groups is 2. The lowest BCUT2D eigenvalue weighted by Gasteiger charge is -2.08. The molecule has 8 heteroatoms. The molecule has 0 spiro atoms. The van der Waals surface area contributed by atoms with Crippen LogP contribution in [0.3, 0.4) is 0 Å². The Bertz CT molecular complexity index is 864. The number of amides is 1. The van der Waals surface area contributed by atoms with Crippen LogP contribution in [0.1, 0.15) is 15.9 Å². The van der Waals surface area contributed by atoms with Gasteiger partial charge in [0.25, 0.3) is 5.69 Å². The van der Waals surface area contributed by atoms with E-state index in [-0.39, 0.29) is 11.3 Å². The summed E-state index contributed by atoms with van der Waals surface area (Å²) < 4.78 is 5.35. The van der Waals surface area contributed by atoms with Crippen molar-refractivity contribution in [2.24, 2.45) is 0 Å². The van der Waals surface area contributed by atoms with E-state index in [1.807, 2.05) is 0 Å². The summed E-state index contributed by atoms with van der Waals surface area (Å²) in [7, 11) is 1.25. The normalized spacial score (nSPS) is 10.5. The van der Waals surface area contributed by atoms with Gasteiger partial charge in [0, 0.05) is 22.7 Å². The minimum absolute atomic E-state index is 0.0663. The van der Waals surface area contributed by atoms with Crippen molar-refractivity contribution in [1.29, 1.82) is 0 Å². The first-order valence-electron chi connectivity index (χ1n) is 7.02. The van der Waals surface area contributed by atoms with Crippen LogP contribution >= 0.6 is 15.9 Å². The number of anilines is 1. The van der Waals surface area contributed by atoms with E-state index in [9.17, 15) is 19.7 Å². The number of halogens is 1. The predicted molar refractivity (Wildman–Crippen MR) is 96.2 cm³/mol. The Morgan fingerprint density at radius 2 is 2.00 bits per heavy atom. The maximum Gasteiger partial charge on any atom is 0.340 e. The monoisotopic (exact) mass is 404 g/mol. The highest BCUT2D eigenvalue weighted by atomic mass is 79.9. The zero-order valence-corrected chi connectivity index (χ0v) is 14.6. The van der Waals surface area contributed by atoms with Gasteiger partial charge in [0.15, 0.2) is 0 Å². The van der Waals surface area contributed by atoms with E-state index >= 15 is 0 Å². The number of nitrogens with zero attached hydrogens (tertiary/aromatic N) is 1. The lowest BCUT2D eigenvalue weighted by atomic mass is 10.1. The molecule has 0 saturated heterocycles. The average molecular weight is 405 g/mol. The van der Waals surface area contributed by atoms with Crippen molar-refractivity contribution in [2.75, 3.05) is 12.4 Å². The standard InChI is InChI=1S/C17H13BrN2O5/c1-25-17(22)14-10-12(18)6-7-15(14)19-16(21)8-5-11-3-2-4-13(9-11)20(23)24/h2-10H,1H3,(H,19,21)/b8-5+. The van der Waals surface area contributed by atoms with Gasteiger partial charge in [-0.15, -0.1) is 0 Å². The average Bonchev–Trinajstić information content (AvgIpc) is 2.61. The summed E-state index contributed by atoms with van der Waals surface area (Å²) in [6.07, 6.45) is 2.67. The number of hydrogen-bond acceptors (Lipinski definition) is 5. The zero-order chi connectivity index (χ0) is 18.4. The Labute approximate surface area is 151 Å². The van der Waals surface area contributed by atoms with Crippen molar-refractivity contribution in [3.63, 3.8) is 0 Å². The molecule has 0 aromatic heterocycles. The predicted octanol–water partition coefficient (Wildman–Crippen LogP) is 3.80. The van der Waals surface area contributed by atoms with Gasteiger partial charge in [-0.2, -0.15) is 0 Å². The number of hydrogen-bond donors (Lipinski definition) is 1. The van der Waals surface area contributed by atoms with Crippen LogP contribution in [0.15, 0.2) is 53.0 Å². The van der Waals surface area contributed by atoms with E-state index in [0.29, 0.717) is 15.7 Å². The van der Waals surface area contributed by atoms with Crippen molar-refractivity contribution in [1.82, 2.24) is 0 Å². The summed E-state index contributed by atoms with van der Waals surface area (Å²) in [6.45, 7) is 0. The summed E-state index contributed by atoms with van der Waals surface area (Å²) in [6, 6.07) is 10.6. The van der Waals surface area contributed by atoms with Crippen molar-refractivity contribution in [3.05, 3.63) is 74.3 Å². The third-order valence-electron chi connectivity index (χ3n) is 3.15. The molecule has 0 heterocycles. The number of benzene rings is 2. The molecule has 0 fully saturated rings. The Kier molecular flexibility index (Phi) is 6.02. The number of non-ortho nitro benzene ring substituents is 1. The topological polar surface area (TPSA) is 98.5 Å². The third kappa shape index (κ3) is 4.98. The van der Waals surface area contributed by atoms with E-state index in [4.69, 9.17) is 0 Å². The number of methoxy groups -OCH3 is 1. The highest BCUT2D eigenvalue weighted by Crippen LogP contribution is 2.22. The Morgan fingerprint density at radius 1 is 1.24 bits per heavy atom. The molecule has 0 bridgehead atoms. The van der Waals surface area contributed by atoms with Crippen LogP contribution in [0, 0.1) is 10.1 Å². The second-order valence-corrected chi connectivity index (χ2v) is 5.77. The van der Waals surface area contributed by atoms with Crippen molar-refractivity contribution in [3.8, 4) is 0 Å². The molecule has 25 heavy (non-hydrogen) atoms. The van der Waals surface area contributed by atoms with Gasteiger partial charge >= 0.3 is 5.97 Å². The molecular weight excluding hydrogens is 392 g/mol. The second-order valence-electron chi connectivity index (χ2n) is 4.86. The highest BCUT2D eigenvalue weighted by Gasteiger charge is 2.13. The summed E-state index contributed by atoms with van der Waals surface area (Å²) in [4.78, 5) is 34.1. The van der Waals surface area contributed by atoms with Crippen LogP contribution in [0.25, 0.3) is 6.08 Å². The van der Waals surface area contributed by atoms with Crippen molar-refractivity contribution >= 4 is 45.3 Å². The van der Waals surface area contributed by atoms with E-state index in [0.717, 1.165) is 0 Å². The van der Waals surface area contributed by atoms with Gasteiger partial charge in [-0.1, -0.05) is 28.1 Å². The van der Waals surface area contributed by atoms with E-state index in [1.165, 1.54) is 43.5 Å². The second kappa shape index (κ2) is 8.20. The fourth-order valence-corrected chi connectivity index (χ4v) is 2.35. The number of nitro benzene ring substituents is 1. The molecule has 2 aromatic carbocycles. The largest absolute Gasteiger partial charge is 0.465 e. The molecule has 0 atom stereocenters. The molecule has 1 amide bonds. The molecule has 1 N–H and O–H groups in total. The fourth-order valence-electron chi connectivity index (χ4n) is 1.99. The van der Waals surface area contributed by atoms with Gasteiger partial charge in [0.05, 0.1) is 23.3 Å². The van der Waals surface area contributed by atoms with Crippen LogP contribution in [0.4, 0.5) is 11.4 Å². The van der Waals surface area contributed by atoms with Gasteiger partial charge in [0.2, 0.25) is 5.91 Å². The van der Waals surface area contributed by atoms with Crippen LogP contribution in [-0.2, 0) is 9.53 Å². The Balaban J connectivity index is 2.16. The Hall–Kier alpha value is -3.00. The molecule has 0 saturated carbocycles. The summed E-state index contributed by atoms with van der Waals surface area (Å²) in [5.41, 5.74) is 0.939. The van der Waals surface area contributed by atoms with Gasteiger partial charge in [-0.25, -0.2) is 4.79 Å². The number of carbonyl (C=O) groups excluding carboxylic acids is 2. The van der Waals surface area contributed by atoms with Gasteiger partial charge in [0.1, 0.15) is 0 Å². The van der Waals surface area contributed by atoms with Crippen molar-refractivity contribution < 1.29 is 19.2 Å². The summed E-state index contributed by atoms with van der Waals surface area (Å²) >= 11 is 3.25. The number of nitrogens with one attached hydrogen (secondary N) is 1. The lowest BCUT2D eigenvalue weighted by molar-refractivity contribution is -0.384. The summed E-state index contributed by atoms with van der Waals surface area (Å²) in [5, 5.41) is 13.3. The molecule has 7 nitrogen and oxygen atoms in total. The third-order valence-corrected chi connectivity index (χ3v) is 3.65. The molecule has 0 unspecified atom stereocenters.